The summed E-state index contributed by atoms with van der Waals surface area (Å²) in [6.07, 6.45) is 2.03. The molecule has 1 N–H and O–H groups in total. The predicted octanol–water partition coefficient (Wildman–Crippen LogP) is 4.04. The van der Waals surface area contributed by atoms with Crippen molar-refractivity contribution in [3.8, 4) is 0 Å². The van der Waals surface area contributed by atoms with Gasteiger partial charge in [-0.05, 0) is 43.3 Å². The van der Waals surface area contributed by atoms with E-state index < -0.39 is 17.4 Å². The molecule has 0 aliphatic rings. The molecule has 0 fully saturated rings. The van der Waals surface area contributed by atoms with Gasteiger partial charge in [0.2, 0.25) is 0 Å². The fourth-order valence-corrected chi connectivity index (χ4v) is 5.91. The van der Waals surface area contributed by atoms with Crippen LogP contribution in [-0.4, -0.2) is 65.2 Å². The Morgan fingerprint density at radius 3 is 1.81 bits per heavy atom. The largest absolute Gasteiger partial charge is 0.500 e. The zero-order chi connectivity index (χ0) is 20.6. The van der Waals surface area contributed by atoms with Crippen molar-refractivity contribution in [2.75, 3.05) is 53.2 Å². The van der Waals surface area contributed by atoms with E-state index in [1.165, 1.54) is 0 Å². The summed E-state index contributed by atoms with van der Waals surface area (Å²) in [6, 6.07) is 12.0. The van der Waals surface area contributed by atoms with E-state index in [4.69, 9.17) is 22.1 Å². The minimum absolute atomic E-state index is 0.816. The molecule has 158 valence electrons. The zero-order valence-electron chi connectivity index (χ0n) is 17.6. The van der Waals surface area contributed by atoms with Crippen molar-refractivity contribution in [3.63, 3.8) is 0 Å². The van der Waals surface area contributed by atoms with Crippen molar-refractivity contribution in [2.45, 2.75) is 31.5 Å². The van der Waals surface area contributed by atoms with Gasteiger partial charge in [-0.25, -0.2) is 0 Å². The SMILES string of the molecule is CO[Si](C)(CCCS)OC.CO[Si](CCCNc1ccccc1)(OC)OC. The molecule has 0 aromatic heterocycles. The topological polar surface area (TPSA) is 58.2 Å². The van der Waals surface area contributed by atoms with Gasteiger partial charge < -0.3 is 27.4 Å². The summed E-state index contributed by atoms with van der Waals surface area (Å²) < 4.78 is 26.6. The van der Waals surface area contributed by atoms with E-state index in [2.05, 4.69) is 24.5 Å². The highest BCUT2D eigenvalue weighted by molar-refractivity contribution is 7.80. The molecule has 27 heavy (non-hydrogen) atoms. The average molecular weight is 436 g/mol. The van der Waals surface area contributed by atoms with Crippen molar-refractivity contribution >= 4 is 35.7 Å². The van der Waals surface area contributed by atoms with Crippen LogP contribution in [0.25, 0.3) is 0 Å². The first-order chi connectivity index (χ1) is 12.9. The van der Waals surface area contributed by atoms with E-state index in [1.54, 1.807) is 35.5 Å². The molecular formula is C18H37NO5SSi2. The van der Waals surface area contributed by atoms with Crippen molar-refractivity contribution in [2.24, 2.45) is 0 Å². The van der Waals surface area contributed by atoms with Gasteiger partial charge in [0, 0.05) is 53.8 Å². The highest BCUT2D eigenvalue weighted by Gasteiger charge is 2.36. The molecule has 1 rings (SSSR count). The molecule has 0 saturated heterocycles. The van der Waals surface area contributed by atoms with E-state index in [-0.39, 0.29) is 0 Å². The lowest BCUT2D eigenvalue weighted by molar-refractivity contribution is 0.123. The minimum Gasteiger partial charge on any atom is -0.398 e. The molecule has 0 amide bonds. The van der Waals surface area contributed by atoms with Gasteiger partial charge in [0.15, 0.2) is 0 Å². The van der Waals surface area contributed by atoms with E-state index in [0.29, 0.717) is 0 Å². The van der Waals surface area contributed by atoms with Crippen LogP contribution in [0.2, 0.25) is 18.6 Å². The van der Waals surface area contributed by atoms with Crippen LogP contribution in [-0.2, 0) is 22.1 Å². The summed E-state index contributed by atoms with van der Waals surface area (Å²) in [5.41, 5.74) is 1.13. The van der Waals surface area contributed by atoms with Crippen LogP contribution < -0.4 is 5.32 Å². The van der Waals surface area contributed by atoms with Crippen LogP contribution in [0.3, 0.4) is 0 Å². The Morgan fingerprint density at radius 2 is 1.37 bits per heavy atom. The van der Waals surface area contributed by atoms with Crippen LogP contribution in [0.4, 0.5) is 5.69 Å². The number of hydrogen-bond acceptors (Lipinski definition) is 7. The summed E-state index contributed by atoms with van der Waals surface area (Å²) in [5, 5.41) is 3.35. The summed E-state index contributed by atoms with van der Waals surface area (Å²) in [7, 11) is 4.20. The molecule has 0 atom stereocenters. The molecule has 9 heteroatoms. The molecular weight excluding hydrogens is 398 g/mol. The Bertz CT molecular complexity index is 454. The van der Waals surface area contributed by atoms with E-state index in [0.717, 1.165) is 42.9 Å². The highest BCUT2D eigenvalue weighted by Crippen LogP contribution is 2.15. The normalized spacial score (nSPS) is 11.7. The maximum Gasteiger partial charge on any atom is 0.500 e. The summed E-state index contributed by atoms with van der Waals surface area (Å²) >= 11 is 4.12. The third-order valence-electron chi connectivity index (χ3n) is 4.35. The monoisotopic (exact) mass is 435 g/mol. The number of benzene rings is 1. The Kier molecular flexibility index (Phi) is 15.3. The van der Waals surface area contributed by atoms with Crippen molar-refractivity contribution < 1.29 is 22.1 Å². The molecule has 0 aliphatic heterocycles. The minimum atomic E-state index is -2.40. The van der Waals surface area contributed by atoms with Gasteiger partial charge >= 0.3 is 17.4 Å². The van der Waals surface area contributed by atoms with E-state index >= 15 is 0 Å². The van der Waals surface area contributed by atoms with Crippen LogP contribution in [0.1, 0.15) is 12.8 Å². The average Bonchev–Trinajstić information content (AvgIpc) is 2.74. The number of rotatable bonds is 13. The fourth-order valence-electron chi connectivity index (χ4n) is 2.34. The molecule has 0 saturated carbocycles. The number of hydrogen-bond donors (Lipinski definition) is 2. The van der Waals surface area contributed by atoms with Gasteiger partial charge in [-0.2, -0.15) is 12.6 Å². The van der Waals surface area contributed by atoms with Gasteiger partial charge in [0.25, 0.3) is 0 Å². The van der Waals surface area contributed by atoms with Gasteiger partial charge in [-0.1, -0.05) is 18.2 Å². The quantitative estimate of drug-likeness (QED) is 0.277. The summed E-state index contributed by atoms with van der Waals surface area (Å²) in [5.74, 6) is 0.912. The second-order valence-electron chi connectivity index (χ2n) is 6.06. The first-order valence-corrected chi connectivity index (χ1v) is 14.2. The third-order valence-corrected chi connectivity index (χ3v) is 10.5. The molecule has 6 nitrogen and oxygen atoms in total. The zero-order valence-corrected chi connectivity index (χ0v) is 20.5. The standard InChI is InChI=1S/C12H21NO3Si.C6H16O2SSi/c1-14-17(15-2,16-3)11-7-10-13-12-8-5-4-6-9-12;1-7-10(3,8-2)6-4-5-9/h4-6,8-9,13H,7,10-11H2,1-3H3;9H,4-6H2,1-3H3. The molecule has 1 aromatic carbocycles. The molecule has 0 radical (unpaired) electrons. The first-order valence-electron chi connectivity index (χ1n) is 9.10. The number of nitrogens with one attached hydrogen (secondary N) is 1. The van der Waals surface area contributed by atoms with Crippen LogP contribution in [0, 0.1) is 0 Å². The van der Waals surface area contributed by atoms with Crippen LogP contribution in [0.5, 0.6) is 0 Å². The van der Waals surface area contributed by atoms with Crippen LogP contribution in [0.15, 0.2) is 30.3 Å². The second kappa shape index (κ2) is 15.5. The van der Waals surface area contributed by atoms with Gasteiger partial charge in [0.05, 0.1) is 0 Å². The van der Waals surface area contributed by atoms with Gasteiger partial charge in [0.1, 0.15) is 0 Å². The molecule has 1 aromatic rings. The molecule has 0 unspecified atom stereocenters. The number of anilines is 1. The highest BCUT2D eigenvalue weighted by atomic mass is 32.1. The fraction of sp³-hybridized carbons (Fsp3) is 0.667. The lowest BCUT2D eigenvalue weighted by Gasteiger charge is -2.24. The molecule has 0 aliphatic carbocycles. The number of thiol groups is 1. The predicted molar refractivity (Wildman–Crippen MR) is 120 cm³/mol. The molecule has 0 heterocycles. The smallest absolute Gasteiger partial charge is 0.398 e. The molecule has 0 bridgehead atoms. The first kappa shape index (κ1) is 26.6. The maximum absolute atomic E-state index is 5.36. The van der Waals surface area contributed by atoms with Crippen LogP contribution >= 0.6 is 12.6 Å². The van der Waals surface area contributed by atoms with Gasteiger partial charge in [-0.3, -0.25) is 0 Å². The Balaban J connectivity index is 0.000000580. The Labute approximate surface area is 172 Å². The summed E-state index contributed by atoms with van der Waals surface area (Å²) in [6.45, 7) is 2.95. The van der Waals surface area contributed by atoms with E-state index in [9.17, 15) is 0 Å². The van der Waals surface area contributed by atoms with Crippen molar-refractivity contribution in [3.05, 3.63) is 30.3 Å². The third kappa shape index (κ3) is 11.3. The summed E-state index contributed by atoms with van der Waals surface area (Å²) in [4.78, 5) is 0. The lowest BCUT2D eigenvalue weighted by Crippen LogP contribution is -2.42. The van der Waals surface area contributed by atoms with Crippen molar-refractivity contribution in [1.29, 1.82) is 0 Å². The van der Waals surface area contributed by atoms with E-state index in [1.807, 2.05) is 30.3 Å². The van der Waals surface area contributed by atoms with Crippen molar-refractivity contribution in [1.82, 2.24) is 0 Å². The Morgan fingerprint density at radius 1 is 0.815 bits per heavy atom. The molecule has 0 spiro atoms. The van der Waals surface area contributed by atoms with Gasteiger partial charge in [-0.15, -0.1) is 0 Å². The number of para-hydroxylation sites is 1. The maximum atomic E-state index is 5.36. The lowest BCUT2D eigenvalue weighted by atomic mass is 10.3. The Hall–Kier alpha value is -0.396. The second-order valence-corrected chi connectivity index (χ2v) is 13.2.